The summed E-state index contributed by atoms with van der Waals surface area (Å²) < 4.78 is 0. The molecule has 1 aromatic rings. The van der Waals surface area contributed by atoms with E-state index in [0.29, 0.717) is 5.56 Å². The molecule has 2 heteroatoms. The van der Waals surface area contributed by atoms with E-state index < -0.39 is 0 Å². The molecule has 0 aromatic heterocycles. The number of hydrogen-bond acceptors (Lipinski definition) is 1. The lowest BCUT2D eigenvalue weighted by Crippen LogP contribution is -1.90. The highest BCUT2D eigenvalue weighted by atomic mass is 19.0. The maximum atomic E-state index is 10.9. The molecule has 0 fully saturated rings. The van der Waals surface area contributed by atoms with Crippen LogP contribution >= 0.6 is 0 Å². The minimum absolute atomic E-state index is 0. The lowest BCUT2D eigenvalue weighted by atomic mass is 10.1. The van der Waals surface area contributed by atoms with Crippen molar-refractivity contribution in [1.29, 1.82) is 0 Å². The van der Waals surface area contributed by atoms with Gasteiger partial charge in [-0.2, -0.15) is 0 Å². The maximum Gasteiger partial charge on any atom is 0.185 e. The van der Waals surface area contributed by atoms with Crippen LogP contribution in [0.1, 0.15) is 10.4 Å². The third-order valence-electron chi connectivity index (χ3n) is 1.24. The predicted molar refractivity (Wildman–Crippen MR) is 43.5 cm³/mol. The Morgan fingerprint density at radius 3 is 2.27 bits per heavy atom. The summed E-state index contributed by atoms with van der Waals surface area (Å²) in [6.07, 6.45) is 1.31. The van der Waals surface area contributed by atoms with Crippen molar-refractivity contribution in [3.8, 4) is 0 Å². The molecule has 0 aliphatic heterocycles. The first-order chi connectivity index (χ1) is 4.84. The van der Waals surface area contributed by atoms with E-state index in [-0.39, 0.29) is 10.5 Å². The third kappa shape index (κ3) is 2.34. The molecule has 11 heavy (non-hydrogen) atoms. The van der Waals surface area contributed by atoms with Crippen LogP contribution in [-0.4, -0.2) is 5.78 Å². The van der Waals surface area contributed by atoms with Gasteiger partial charge in [-0.15, -0.1) is 0 Å². The van der Waals surface area contributed by atoms with Crippen LogP contribution in [0.15, 0.2) is 43.0 Å². The summed E-state index contributed by atoms with van der Waals surface area (Å²) in [6, 6.07) is 9.07. The molecular formula is C9H9FO. The van der Waals surface area contributed by atoms with Crippen LogP contribution in [0.25, 0.3) is 0 Å². The topological polar surface area (TPSA) is 17.1 Å². The zero-order valence-electron chi connectivity index (χ0n) is 5.99. The Morgan fingerprint density at radius 1 is 1.27 bits per heavy atom. The molecule has 1 aromatic carbocycles. The fourth-order valence-electron chi connectivity index (χ4n) is 0.720. The van der Waals surface area contributed by atoms with Crippen LogP contribution in [0, 0.1) is 0 Å². The van der Waals surface area contributed by atoms with Gasteiger partial charge in [0, 0.05) is 5.56 Å². The van der Waals surface area contributed by atoms with Crippen molar-refractivity contribution in [2.75, 3.05) is 0 Å². The van der Waals surface area contributed by atoms with E-state index in [2.05, 4.69) is 6.58 Å². The number of rotatable bonds is 2. The van der Waals surface area contributed by atoms with Crippen molar-refractivity contribution in [2.24, 2.45) is 0 Å². The van der Waals surface area contributed by atoms with Crippen LogP contribution < -0.4 is 0 Å². The zero-order chi connectivity index (χ0) is 7.40. The summed E-state index contributed by atoms with van der Waals surface area (Å²) in [7, 11) is 0. The molecule has 0 aliphatic carbocycles. The van der Waals surface area contributed by atoms with Crippen LogP contribution in [0.4, 0.5) is 4.70 Å². The van der Waals surface area contributed by atoms with Crippen molar-refractivity contribution in [2.45, 2.75) is 0 Å². The van der Waals surface area contributed by atoms with Gasteiger partial charge in [0.25, 0.3) is 0 Å². The van der Waals surface area contributed by atoms with Gasteiger partial charge in [0.2, 0.25) is 0 Å². The number of hydrogen-bond donors (Lipinski definition) is 0. The Kier molecular flexibility index (Phi) is 3.81. The standard InChI is InChI=1S/C9H8O.FH/c1-2-9(10)8-6-4-3-5-7-8;/h2-7H,1H2;1H. The number of benzene rings is 1. The number of ketones is 1. The van der Waals surface area contributed by atoms with E-state index in [1.165, 1.54) is 6.08 Å². The number of carbonyl (C=O) groups excluding carboxylic acids is 1. The maximum absolute atomic E-state index is 10.9. The van der Waals surface area contributed by atoms with Crippen molar-refractivity contribution in [3.63, 3.8) is 0 Å². The van der Waals surface area contributed by atoms with Crippen LogP contribution in [0.5, 0.6) is 0 Å². The minimum Gasteiger partial charge on any atom is -0.289 e. The predicted octanol–water partition coefficient (Wildman–Crippen LogP) is 2.21. The molecule has 1 rings (SSSR count). The molecular weight excluding hydrogens is 143 g/mol. The van der Waals surface area contributed by atoms with E-state index >= 15 is 0 Å². The largest absolute Gasteiger partial charge is 0.289 e. The fourth-order valence-corrected chi connectivity index (χ4v) is 0.720. The molecule has 0 saturated carbocycles. The van der Waals surface area contributed by atoms with Gasteiger partial charge in [-0.3, -0.25) is 9.50 Å². The highest BCUT2D eigenvalue weighted by Crippen LogP contribution is 1.99. The van der Waals surface area contributed by atoms with Gasteiger partial charge in [-0.05, 0) is 6.08 Å². The van der Waals surface area contributed by atoms with Gasteiger partial charge < -0.3 is 0 Å². The van der Waals surface area contributed by atoms with E-state index in [9.17, 15) is 4.79 Å². The van der Waals surface area contributed by atoms with Crippen molar-refractivity contribution < 1.29 is 9.50 Å². The van der Waals surface area contributed by atoms with Gasteiger partial charge in [0.15, 0.2) is 5.78 Å². The molecule has 0 bridgehead atoms. The molecule has 0 saturated heterocycles. The second kappa shape index (κ2) is 4.39. The van der Waals surface area contributed by atoms with E-state index in [4.69, 9.17) is 0 Å². The number of allylic oxidation sites excluding steroid dienone is 1. The summed E-state index contributed by atoms with van der Waals surface area (Å²) in [5.41, 5.74) is 0.692. The summed E-state index contributed by atoms with van der Waals surface area (Å²) in [5, 5.41) is 0. The molecule has 58 valence electrons. The first kappa shape index (κ1) is 9.56. The molecule has 0 N–H and O–H groups in total. The van der Waals surface area contributed by atoms with E-state index in [1.54, 1.807) is 12.1 Å². The van der Waals surface area contributed by atoms with E-state index in [0.717, 1.165) is 0 Å². The average molecular weight is 152 g/mol. The van der Waals surface area contributed by atoms with Crippen molar-refractivity contribution in [1.82, 2.24) is 0 Å². The van der Waals surface area contributed by atoms with Crippen molar-refractivity contribution in [3.05, 3.63) is 48.6 Å². The Morgan fingerprint density at radius 2 is 1.82 bits per heavy atom. The lowest BCUT2D eigenvalue weighted by molar-refractivity contribution is 0.104. The zero-order valence-corrected chi connectivity index (χ0v) is 5.99. The van der Waals surface area contributed by atoms with Gasteiger partial charge >= 0.3 is 0 Å². The summed E-state index contributed by atoms with van der Waals surface area (Å²) >= 11 is 0. The average Bonchev–Trinajstić information content (AvgIpc) is 2.05. The molecule has 0 heterocycles. The lowest BCUT2D eigenvalue weighted by Gasteiger charge is -1.90. The summed E-state index contributed by atoms with van der Waals surface area (Å²) in [5.74, 6) is -0.0272. The second-order valence-electron chi connectivity index (χ2n) is 1.93. The highest BCUT2D eigenvalue weighted by Gasteiger charge is 1.95. The molecule has 1 nitrogen and oxygen atoms in total. The quantitative estimate of drug-likeness (QED) is 0.469. The summed E-state index contributed by atoms with van der Waals surface area (Å²) in [6.45, 7) is 3.39. The third-order valence-corrected chi connectivity index (χ3v) is 1.24. The van der Waals surface area contributed by atoms with Gasteiger partial charge in [0.05, 0.1) is 0 Å². The van der Waals surface area contributed by atoms with Crippen LogP contribution in [0.2, 0.25) is 0 Å². The molecule has 0 amide bonds. The van der Waals surface area contributed by atoms with Gasteiger partial charge in [-0.25, -0.2) is 0 Å². The second-order valence-corrected chi connectivity index (χ2v) is 1.93. The molecule has 0 unspecified atom stereocenters. The number of halogens is 1. The first-order valence-corrected chi connectivity index (χ1v) is 3.06. The number of carbonyl (C=O) groups is 1. The van der Waals surface area contributed by atoms with Crippen LogP contribution in [-0.2, 0) is 0 Å². The summed E-state index contributed by atoms with van der Waals surface area (Å²) in [4.78, 5) is 10.9. The van der Waals surface area contributed by atoms with Gasteiger partial charge in [-0.1, -0.05) is 36.9 Å². The Bertz CT molecular complexity index is 241. The first-order valence-electron chi connectivity index (χ1n) is 3.06. The Hall–Kier alpha value is -1.44. The molecule has 0 radical (unpaired) electrons. The molecule has 0 aliphatic rings. The normalized spacial score (nSPS) is 8.00. The van der Waals surface area contributed by atoms with Crippen molar-refractivity contribution >= 4 is 5.78 Å². The smallest absolute Gasteiger partial charge is 0.185 e. The Balaban J connectivity index is 0.000001000. The molecule has 0 spiro atoms. The van der Waals surface area contributed by atoms with Gasteiger partial charge in [0.1, 0.15) is 0 Å². The monoisotopic (exact) mass is 152 g/mol. The molecule has 0 atom stereocenters. The van der Waals surface area contributed by atoms with Crippen LogP contribution in [0.3, 0.4) is 0 Å². The SMILES string of the molecule is C=CC(=O)c1ccccc1.F. The fraction of sp³-hybridized carbons (Fsp3) is 0. The van der Waals surface area contributed by atoms with E-state index in [1.807, 2.05) is 18.2 Å². The minimum atomic E-state index is -0.0272. The Labute approximate surface area is 64.7 Å². The highest BCUT2D eigenvalue weighted by molar-refractivity contribution is 6.04.